The second-order valence-corrected chi connectivity index (χ2v) is 8.49. The first-order chi connectivity index (χ1) is 13.2. The number of carboxylic acids is 1. The number of carbonyl (C=O) groups excluding carboxylic acids is 1. The standard InChI is InChI=1S/C20H27N3O5/c1-20(2,14-5-7-16(8-6-14)23(27)28)19(26)21-15-9-17(10-15)22(12-18(24)25)11-13-3-4-13/h5-8,13,15,17H,3-4,9-12H2,1-2H3,(H,21,26)(H,24,25). The highest BCUT2D eigenvalue weighted by atomic mass is 16.6. The van der Waals surface area contributed by atoms with E-state index in [1.54, 1.807) is 26.0 Å². The molecule has 0 unspecified atom stereocenters. The van der Waals surface area contributed by atoms with Crippen LogP contribution < -0.4 is 5.32 Å². The zero-order chi connectivity index (χ0) is 20.5. The number of carboxylic acid groups (broad SMARTS) is 1. The minimum Gasteiger partial charge on any atom is -0.480 e. The third-order valence-electron chi connectivity index (χ3n) is 5.86. The minimum atomic E-state index is -0.813. The van der Waals surface area contributed by atoms with Crippen molar-refractivity contribution in [3.05, 3.63) is 39.9 Å². The molecule has 3 rings (SSSR count). The normalized spacial score (nSPS) is 21.8. The molecular formula is C20H27N3O5. The number of nitro benzene ring substituents is 1. The summed E-state index contributed by atoms with van der Waals surface area (Å²) >= 11 is 0. The SMILES string of the molecule is CC(C)(C(=O)NC1CC(N(CC(=O)O)CC2CC2)C1)c1ccc([N+](=O)[O-])cc1. The molecule has 2 aliphatic carbocycles. The highest BCUT2D eigenvalue weighted by Crippen LogP contribution is 2.34. The monoisotopic (exact) mass is 389 g/mol. The Morgan fingerprint density at radius 3 is 2.36 bits per heavy atom. The predicted molar refractivity (Wildman–Crippen MR) is 103 cm³/mol. The van der Waals surface area contributed by atoms with E-state index in [-0.39, 0.29) is 30.2 Å². The van der Waals surface area contributed by atoms with E-state index in [2.05, 4.69) is 5.32 Å². The summed E-state index contributed by atoms with van der Waals surface area (Å²) < 4.78 is 0. The summed E-state index contributed by atoms with van der Waals surface area (Å²) in [5.74, 6) is -0.321. The fourth-order valence-electron chi connectivity index (χ4n) is 3.65. The van der Waals surface area contributed by atoms with Crippen molar-refractivity contribution in [3.63, 3.8) is 0 Å². The Morgan fingerprint density at radius 1 is 1.25 bits per heavy atom. The number of carbonyl (C=O) groups is 2. The molecule has 0 aliphatic heterocycles. The molecule has 1 aromatic carbocycles. The molecule has 0 saturated heterocycles. The van der Waals surface area contributed by atoms with E-state index in [0.717, 1.165) is 19.4 Å². The third-order valence-corrected chi connectivity index (χ3v) is 5.86. The van der Waals surface area contributed by atoms with Gasteiger partial charge in [-0.15, -0.1) is 0 Å². The molecule has 2 fully saturated rings. The molecule has 0 heterocycles. The molecule has 0 bridgehead atoms. The van der Waals surface area contributed by atoms with Crippen molar-refractivity contribution in [1.82, 2.24) is 10.2 Å². The molecule has 2 N–H and O–H groups in total. The van der Waals surface area contributed by atoms with Crippen LogP contribution in [0.1, 0.15) is 45.1 Å². The van der Waals surface area contributed by atoms with Gasteiger partial charge in [0, 0.05) is 30.8 Å². The van der Waals surface area contributed by atoms with Gasteiger partial charge in [0.15, 0.2) is 0 Å². The van der Waals surface area contributed by atoms with Crippen molar-refractivity contribution < 1.29 is 19.6 Å². The second kappa shape index (κ2) is 7.87. The van der Waals surface area contributed by atoms with Gasteiger partial charge in [0.05, 0.1) is 16.9 Å². The summed E-state index contributed by atoms with van der Waals surface area (Å²) in [6.07, 6.45) is 3.85. The topological polar surface area (TPSA) is 113 Å². The van der Waals surface area contributed by atoms with E-state index in [1.807, 2.05) is 4.90 Å². The summed E-state index contributed by atoms with van der Waals surface area (Å²) in [4.78, 5) is 36.3. The average molecular weight is 389 g/mol. The predicted octanol–water partition coefficient (Wildman–Crippen LogP) is 2.32. The molecule has 0 spiro atoms. The molecule has 8 heteroatoms. The van der Waals surface area contributed by atoms with Crippen LogP contribution in [0.2, 0.25) is 0 Å². The number of amides is 1. The summed E-state index contributed by atoms with van der Waals surface area (Å²) in [6.45, 7) is 4.47. The first-order valence-electron chi connectivity index (χ1n) is 9.68. The Balaban J connectivity index is 1.54. The van der Waals surface area contributed by atoms with Crippen molar-refractivity contribution >= 4 is 17.6 Å². The van der Waals surface area contributed by atoms with Crippen molar-refractivity contribution in [2.75, 3.05) is 13.1 Å². The van der Waals surface area contributed by atoms with Gasteiger partial charge >= 0.3 is 5.97 Å². The lowest BCUT2D eigenvalue weighted by Crippen LogP contribution is -2.57. The first-order valence-corrected chi connectivity index (χ1v) is 9.68. The van der Waals surface area contributed by atoms with Gasteiger partial charge in [0.2, 0.25) is 5.91 Å². The van der Waals surface area contributed by atoms with Gasteiger partial charge in [-0.2, -0.15) is 0 Å². The molecule has 152 valence electrons. The second-order valence-electron chi connectivity index (χ2n) is 8.49. The quantitative estimate of drug-likeness (QED) is 0.495. The van der Waals surface area contributed by atoms with E-state index in [1.165, 1.54) is 25.0 Å². The number of benzene rings is 1. The number of non-ortho nitro benzene ring substituents is 1. The number of hydrogen-bond acceptors (Lipinski definition) is 5. The maximum atomic E-state index is 12.8. The van der Waals surface area contributed by atoms with Gasteiger partial charge in [-0.1, -0.05) is 12.1 Å². The molecule has 28 heavy (non-hydrogen) atoms. The van der Waals surface area contributed by atoms with E-state index < -0.39 is 16.3 Å². The molecule has 2 aliphatic rings. The molecule has 0 aromatic heterocycles. The van der Waals surface area contributed by atoms with Crippen LogP contribution in [-0.2, 0) is 15.0 Å². The summed E-state index contributed by atoms with van der Waals surface area (Å²) in [7, 11) is 0. The number of nitro groups is 1. The van der Waals surface area contributed by atoms with Crippen molar-refractivity contribution in [3.8, 4) is 0 Å². The van der Waals surface area contributed by atoms with Crippen LogP contribution in [0.3, 0.4) is 0 Å². The van der Waals surface area contributed by atoms with Gasteiger partial charge in [0.1, 0.15) is 0 Å². The van der Waals surface area contributed by atoms with E-state index in [4.69, 9.17) is 5.11 Å². The smallest absolute Gasteiger partial charge is 0.317 e. The van der Waals surface area contributed by atoms with Crippen LogP contribution in [-0.4, -0.2) is 52.0 Å². The Bertz CT molecular complexity index is 752. The Morgan fingerprint density at radius 2 is 1.86 bits per heavy atom. The third kappa shape index (κ3) is 4.67. The summed E-state index contributed by atoms with van der Waals surface area (Å²) in [5, 5.41) is 23.0. The van der Waals surface area contributed by atoms with Gasteiger partial charge in [-0.3, -0.25) is 24.6 Å². The number of nitrogens with one attached hydrogen (secondary N) is 1. The lowest BCUT2D eigenvalue weighted by molar-refractivity contribution is -0.384. The molecule has 1 aromatic rings. The number of rotatable bonds is 9. The number of nitrogens with zero attached hydrogens (tertiary/aromatic N) is 2. The van der Waals surface area contributed by atoms with Gasteiger partial charge in [0.25, 0.3) is 5.69 Å². The maximum Gasteiger partial charge on any atom is 0.317 e. The lowest BCUT2D eigenvalue weighted by atomic mass is 9.80. The number of aliphatic carboxylic acids is 1. The van der Waals surface area contributed by atoms with Crippen LogP contribution in [0.5, 0.6) is 0 Å². The fourth-order valence-corrected chi connectivity index (χ4v) is 3.65. The minimum absolute atomic E-state index is 0.00372. The molecule has 0 radical (unpaired) electrons. The molecular weight excluding hydrogens is 362 g/mol. The average Bonchev–Trinajstić information content (AvgIpc) is 3.40. The molecule has 8 nitrogen and oxygen atoms in total. The summed E-state index contributed by atoms with van der Waals surface area (Å²) in [5.41, 5.74) is -0.0988. The van der Waals surface area contributed by atoms with Crippen LogP contribution >= 0.6 is 0 Å². The molecule has 0 atom stereocenters. The molecule has 2 saturated carbocycles. The number of hydrogen-bond donors (Lipinski definition) is 2. The Kier molecular flexibility index (Phi) is 5.69. The Hall–Kier alpha value is -2.48. The lowest BCUT2D eigenvalue weighted by Gasteiger charge is -2.43. The van der Waals surface area contributed by atoms with Crippen molar-refractivity contribution in [2.24, 2.45) is 5.92 Å². The first kappa shape index (κ1) is 20.3. The van der Waals surface area contributed by atoms with Crippen molar-refractivity contribution in [2.45, 2.75) is 57.0 Å². The molecule has 1 amide bonds. The van der Waals surface area contributed by atoms with Gasteiger partial charge in [-0.05, 0) is 51.0 Å². The maximum absolute atomic E-state index is 12.8. The fraction of sp³-hybridized carbons (Fsp3) is 0.600. The van der Waals surface area contributed by atoms with Crippen LogP contribution in [0.25, 0.3) is 0 Å². The zero-order valence-corrected chi connectivity index (χ0v) is 16.3. The van der Waals surface area contributed by atoms with E-state index >= 15 is 0 Å². The summed E-state index contributed by atoms with van der Waals surface area (Å²) in [6, 6.07) is 6.28. The van der Waals surface area contributed by atoms with Crippen LogP contribution in [0, 0.1) is 16.0 Å². The van der Waals surface area contributed by atoms with Crippen LogP contribution in [0.4, 0.5) is 5.69 Å². The van der Waals surface area contributed by atoms with Crippen molar-refractivity contribution in [1.29, 1.82) is 0 Å². The highest BCUT2D eigenvalue weighted by Gasteiger charge is 2.40. The largest absolute Gasteiger partial charge is 0.480 e. The van der Waals surface area contributed by atoms with Gasteiger partial charge in [-0.25, -0.2) is 0 Å². The van der Waals surface area contributed by atoms with Crippen LogP contribution in [0.15, 0.2) is 24.3 Å². The Labute approximate surface area is 164 Å². The van der Waals surface area contributed by atoms with E-state index in [0.29, 0.717) is 11.5 Å². The zero-order valence-electron chi connectivity index (χ0n) is 16.3. The highest BCUT2D eigenvalue weighted by molar-refractivity contribution is 5.87. The van der Waals surface area contributed by atoms with Gasteiger partial charge < -0.3 is 10.4 Å². The van der Waals surface area contributed by atoms with E-state index in [9.17, 15) is 19.7 Å².